The molecule has 2 aromatic carbocycles. The molecule has 5 heteroatoms. The highest BCUT2D eigenvalue weighted by atomic mass is 16.5. The van der Waals surface area contributed by atoms with Gasteiger partial charge in [-0.25, -0.2) is 0 Å². The van der Waals surface area contributed by atoms with Crippen LogP contribution in [-0.2, 0) is 19.5 Å². The van der Waals surface area contributed by atoms with Gasteiger partial charge in [0, 0.05) is 6.54 Å². The Hall–Kier alpha value is -3.08. The second-order valence-electron chi connectivity index (χ2n) is 6.68. The molecule has 0 aliphatic rings. The van der Waals surface area contributed by atoms with Crippen molar-refractivity contribution in [1.29, 1.82) is 0 Å². The van der Waals surface area contributed by atoms with Crippen molar-refractivity contribution in [3.8, 4) is 5.75 Å². The maximum atomic E-state index is 12.7. The molecule has 28 heavy (non-hydrogen) atoms. The van der Waals surface area contributed by atoms with Crippen molar-refractivity contribution in [2.45, 2.75) is 39.8 Å². The molecule has 1 amide bonds. The topological polar surface area (TPSA) is 56.1 Å². The monoisotopic (exact) mass is 377 g/mol. The number of hydrogen-bond acceptors (Lipinski definition) is 3. The normalized spacial score (nSPS) is 10.6. The highest BCUT2D eigenvalue weighted by Gasteiger charge is 2.16. The van der Waals surface area contributed by atoms with Gasteiger partial charge in [-0.05, 0) is 36.1 Å². The molecule has 5 nitrogen and oxygen atoms in total. The van der Waals surface area contributed by atoms with E-state index in [2.05, 4.69) is 29.5 Å². The van der Waals surface area contributed by atoms with E-state index < -0.39 is 0 Å². The quantitative estimate of drug-likeness (QED) is 0.608. The number of carbonyl (C=O) groups is 1. The second-order valence-corrected chi connectivity index (χ2v) is 6.68. The number of nitrogens with zero attached hydrogens (tertiary/aromatic N) is 2. The smallest absolute Gasteiger partial charge is 0.255 e. The van der Waals surface area contributed by atoms with Gasteiger partial charge in [-0.1, -0.05) is 56.3 Å². The summed E-state index contributed by atoms with van der Waals surface area (Å²) < 4.78 is 7.50. The molecule has 3 aromatic rings. The molecule has 1 N–H and O–H groups in total. The number of amides is 1. The minimum absolute atomic E-state index is 0.0949. The Balaban J connectivity index is 1.62. The van der Waals surface area contributed by atoms with Crippen LogP contribution in [0, 0.1) is 0 Å². The number of carbonyl (C=O) groups excluding carboxylic acids is 1. The van der Waals surface area contributed by atoms with Gasteiger partial charge in [-0.2, -0.15) is 5.10 Å². The van der Waals surface area contributed by atoms with Crippen molar-refractivity contribution in [2.24, 2.45) is 0 Å². The third kappa shape index (κ3) is 5.00. The molecule has 3 rings (SSSR count). The predicted octanol–water partition coefficient (Wildman–Crippen LogP) is 4.21. The van der Waals surface area contributed by atoms with Gasteiger partial charge in [-0.15, -0.1) is 0 Å². The highest BCUT2D eigenvalue weighted by molar-refractivity contribution is 5.95. The van der Waals surface area contributed by atoms with Crippen LogP contribution in [0.1, 0.15) is 47.4 Å². The van der Waals surface area contributed by atoms with Crippen LogP contribution >= 0.6 is 0 Å². The summed E-state index contributed by atoms with van der Waals surface area (Å²) >= 11 is 0. The Morgan fingerprint density at radius 3 is 2.46 bits per heavy atom. The van der Waals surface area contributed by atoms with Gasteiger partial charge in [0.25, 0.3) is 5.91 Å². The van der Waals surface area contributed by atoms with Gasteiger partial charge in [0.15, 0.2) is 0 Å². The molecule has 0 radical (unpaired) electrons. The van der Waals surface area contributed by atoms with E-state index in [1.54, 1.807) is 6.20 Å². The number of ether oxygens (including phenoxy) is 1. The molecule has 0 saturated carbocycles. The minimum atomic E-state index is -0.0949. The van der Waals surface area contributed by atoms with Gasteiger partial charge >= 0.3 is 0 Å². The summed E-state index contributed by atoms with van der Waals surface area (Å²) in [7, 11) is 0. The highest BCUT2D eigenvalue weighted by Crippen LogP contribution is 2.14. The fourth-order valence-electron chi connectivity index (χ4n) is 3.07. The largest absolute Gasteiger partial charge is 0.494 e. The summed E-state index contributed by atoms with van der Waals surface area (Å²) in [6.45, 7) is 5.97. The number of nitrogens with one attached hydrogen (secondary N) is 1. The maximum Gasteiger partial charge on any atom is 0.255 e. The Bertz CT molecular complexity index is 886. The molecule has 146 valence electrons. The Kier molecular flexibility index (Phi) is 6.84. The van der Waals surface area contributed by atoms with Crippen molar-refractivity contribution < 1.29 is 9.53 Å². The molecule has 0 saturated heterocycles. The fraction of sp³-hybridized carbons (Fsp3) is 0.304. The van der Waals surface area contributed by atoms with E-state index in [1.165, 1.54) is 0 Å². The number of aromatic nitrogens is 2. The lowest BCUT2D eigenvalue weighted by molar-refractivity contribution is 0.0950. The number of benzene rings is 2. The van der Waals surface area contributed by atoms with Crippen LogP contribution in [0.2, 0.25) is 0 Å². The summed E-state index contributed by atoms with van der Waals surface area (Å²) in [5.41, 5.74) is 3.79. The van der Waals surface area contributed by atoms with E-state index in [1.807, 2.05) is 54.1 Å². The zero-order chi connectivity index (χ0) is 19.8. The third-order valence-electron chi connectivity index (χ3n) is 4.55. The average Bonchev–Trinajstić information content (AvgIpc) is 3.14. The second kappa shape index (κ2) is 9.74. The van der Waals surface area contributed by atoms with Gasteiger partial charge in [-0.3, -0.25) is 9.48 Å². The first-order chi connectivity index (χ1) is 13.7. The van der Waals surface area contributed by atoms with E-state index in [0.29, 0.717) is 25.3 Å². The molecule has 0 aliphatic carbocycles. The zero-order valence-electron chi connectivity index (χ0n) is 16.5. The summed E-state index contributed by atoms with van der Waals surface area (Å²) in [4.78, 5) is 12.7. The lowest BCUT2D eigenvalue weighted by Gasteiger charge is -2.09. The molecule has 0 fully saturated rings. The molecule has 0 aliphatic heterocycles. The van der Waals surface area contributed by atoms with Crippen LogP contribution in [0.15, 0.2) is 60.8 Å². The van der Waals surface area contributed by atoms with E-state index in [-0.39, 0.29) is 5.91 Å². The van der Waals surface area contributed by atoms with Gasteiger partial charge in [0.2, 0.25) is 0 Å². The first kappa shape index (κ1) is 19.7. The molecule has 1 heterocycles. The SMILES string of the molecule is CCCOc1ccc(CNC(=O)c2cnn(Cc3ccccc3)c2CC)cc1. The first-order valence-corrected chi connectivity index (χ1v) is 9.79. The summed E-state index contributed by atoms with van der Waals surface area (Å²) in [5.74, 6) is 0.759. The Morgan fingerprint density at radius 2 is 1.79 bits per heavy atom. The average molecular weight is 377 g/mol. The van der Waals surface area contributed by atoms with Crippen LogP contribution < -0.4 is 10.1 Å². The van der Waals surface area contributed by atoms with Crippen LogP contribution in [0.25, 0.3) is 0 Å². The lowest BCUT2D eigenvalue weighted by atomic mass is 10.1. The van der Waals surface area contributed by atoms with Crippen molar-refractivity contribution in [3.63, 3.8) is 0 Å². The maximum absolute atomic E-state index is 12.7. The van der Waals surface area contributed by atoms with Crippen LogP contribution in [0.5, 0.6) is 5.75 Å². The molecular formula is C23H27N3O2. The molecular weight excluding hydrogens is 350 g/mol. The van der Waals surface area contributed by atoms with Crippen molar-refractivity contribution in [1.82, 2.24) is 15.1 Å². The molecule has 0 bridgehead atoms. The van der Waals surface area contributed by atoms with Crippen molar-refractivity contribution in [2.75, 3.05) is 6.61 Å². The lowest BCUT2D eigenvalue weighted by Crippen LogP contribution is -2.24. The standard InChI is InChI=1S/C23H27N3O2/c1-3-14-28-20-12-10-18(11-13-20)15-24-23(27)21-16-25-26(22(21)4-2)17-19-8-6-5-7-9-19/h5-13,16H,3-4,14-15,17H2,1-2H3,(H,24,27). The molecule has 0 unspecified atom stereocenters. The van der Waals surface area contributed by atoms with E-state index in [0.717, 1.165) is 35.4 Å². The third-order valence-corrected chi connectivity index (χ3v) is 4.55. The summed E-state index contributed by atoms with van der Waals surface area (Å²) in [5, 5.41) is 7.43. The number of rotatable bonds is 9. The zero-order valence-corrected chi connectivity index (χ0v) is 16.5. The van der Waals surface area contributed by atoms with Gasteiger partial charge in [0.05, 0.1) is 30.6 Å². The van der Waals surface area contributed by atoms with Crippen molar-refractivity contribution in [3.05, 3.63) is 83.2 Å². The van der Waals surface area contributed by atoms with Crippen molar-refractivity contribution >= 4 is 5.91 Å². The molecule has 0 atom stereocenters. The predicted molar refractivity (Wildman–Crippen MR) is 111 cm³/mol. The van der Waals surface area contributed by atoms with E-state index in [9.17, 15) is 4.79 Å². The summed E-state index contributed by atoms with van der Waals surface area (Å²) in [6.07, 6.45) is 3.40. The molecule has 1 aromatic heterocycles. The van der Waals surface area contributed by atoms with E-state index in [4.69, 9.17) is 4.74 Å². The Labute approximate surface area is 166 Å². The van der Waals surface area contributed by atoms with Gasteiger partial charge < -0.3 is 10.1 Å². The van der Waals surface area contributed by atoms with Crippen LogP contribution in [0.4, 0.5) is 0 Å². The number of hydrogen-bond donors (Lipinski definition) is 1. The Morgan fingerprint density at radius 1 is 1.04 bits per heavy atom. The van der Waals surface area contributed by atoms with Gasteiger partial charge in [0.1, 0.15) is 5.75 Å². The van der Waals surface area contributed by atoms with E-state index >= 15 is 0 Å². The van der Waals surface area contributed by atoms with Crippen LogP contribution in [-0.4, -0.2) is 22.3 Å². The summed E-state index contributed by atoms with van der Waals surface area (Å²) in [6, 6.07) is 18.0. The van der Waals surface area contributed by atoms with Crippen LogP contribution in [0.3, 0.4) is 0 Å². The minimum Gasteiger partial charge on any atom is -0.494 e. The fourth-order valence-corrected chi connectivity index (χ4v) is 3.07. The first-order valence-electron chi connectivity index (χ1n) is 9.79. The molecule has 0 spiro atoms.